The van der Waals surface area contributed by atoms with Gasteiger partial charge in [-0.25, -0.2) is 21.8 Å². The van der Waals surface area contributed by atoms with Gasteiger partial charge in [-0.3, -0.25) is 0 Å². The van der Waals surface area contributed by atoms with Crippen LogP contribution in [0.1, 0.15) is 0 Å². The number of sulfone groups is 2. The largest absolute Gasteiger partial charge is 0.252 e. The Morgan fingerprint density at radius 2 is 2.00 bits per heavy atom. The van der Waals surface area contributed by atoms with E-state index >= 15 is 0 Å². The Kier molecular flexibility index (Phi) is 2.17. The van der Waals surface area contributed by atoms with Gasteiger partial charge >= 0.3 is 0 Å². The molecule has 0 fully saturated rings. The molecule has 0 radical (unpaired) electrons. The summed E-state index contributed by atoms with van der Waals surface area (Å²) in [5.41, 5.74) is 0. The van der Waals surface area contributed by atoms with E-state index in [-0.39, 0.29) is 3.81 Å². The van der Waals surface area contributed by atoms with Crippen molar-refractivity contribution in [2.75, 3.05) is 6.26 Å². The molecule has 8 heteroatoms. The van der Waals surface area contributed by atoms with Crippen molar-refractivity contribution in [1.82, 2.24) is 0 Å². The average Bonchev–Trinajstić information content (AvgIpc) is 2.06. The monoisotopic (exact) mass is 273 g/mol. The highest BCUT2D eigenvalue weighted by molar-refractivity contribution is 9.14. The number of halogens is 1. The lowest BCUT2D eigenvalue weighted by atomic mass is 11.1. The van der Waals surface area contributed by atoms with Crippen molar-refractivity contribution in [2.24, 2.45) is 4.99 Å². The second-order valence-corrected chi connectivity index (χ2v) is 7.51. The molecule has 1 rings (SSSR count). The summed E-state index contributed by atoms with van der Waals surface area (Å²) in [6, 6.07) is 0. The smallest absolute Gasteiger partial charge is 0.232 e. The van der Waals surface area contributed by atoms with Crippen LogP contribution in [-0.2, 0) is 19.7 Å². The molecular formula is C4H4BrNO4S2. The molecule has 0 spiro atoms. The number of nitrogens with zero attached hydrogens (tertiary/aromatic N) is 1. The van der Waals surface area contributed by atoms with E-state index in [1.165, 1.54) is 0 Å². The maximum Gasteiger partial charge on any atom is 0.252 e. The van der Waals surface area contributed by atoms with Crippen LogP contribution in [0.4, 0.5) is 0 Å². The van der Waals surface area contributed by atoms with E-state index in [1.807, 2.05) is 0 Å². The molecule has 0 aromatic rings. The predicted octanol–water partition coefficient (Wildman–Crippen LogP) is 0.00920. The van der Waals surface area contributed by atoms with Gasteiger partial charge in [-0.15, -0.1) is 0 Å². The molecular weight excluding hydrogens is 270 g/mol. The van der Waals surface area contributed by atoms with E-state index < -0.39 is 24.1 Å². The Bertz CT molecular complexity index is 469. The summed E-state index contributed by atoms with van der Waals surface area (Å²) in [7, 11) is -7.65. The van der Waals surface area contributed by atoms with Crippen LogP contribution in [0.15, 0.2) is 15.0 Å². The Labute approximate surface area is 78.2 Å². The fourth-order valence-electron chi connectivity index (χ4n) is 0.621. The predicted molar refractivity (Wildman–Crippen MR) is 48.2 cm³/mol. The molecule has 0 aromatic heterocycles. The van der Waals surface area contributed by atoms with Crippen LogP contribution in [0.5, 0.6) is 0 Å². The molecule has 1 aliphatic rings. The average molecular weight is 274 g/mol. The molecule has 0 saturated heterocycles. The second kappa shape index (κ2) is 2.64. The first-order valence-corrected chi connectivity index (χ1v) is 6.81. The summed E-state index contributed by atoms with van der Waals surface area (Å²) in [6.07, 6.45) is 1.74. The van der Waals surface area contributed by atoms with E-state index in [1.54, 1.807) is 0 Å². The Hall–Kier alpha value is -0.210. The summed E-state index contributed by atoms with van der Waals surface area (Å²) in [6.45, 7) is 0. The molecule has 0 atom stereocenters. The third-order valence-corrected chi connectivity index (χ3v) is 6.05. The minimum Gasteiger partial charge on any atom is -0.232 e. The van der Waals surface area contributed by atoms with Crippen molar-refractivity contribution < 1.29 is 16.8 Å². The molecule has 12 heavy (non-hydrogen) atoms. The van der Waals surface area contributed by atoms with E-state index in [9.17, 15) is 16.8 Å². The van der Waals surface area contributed by atoms with Gasteiger partial charge in [-0.1, -0.05) is 0 Å². The summed E-state index contributed by atoms with van der Waals surface area (Å²) in [5, 5.41) is 0. The highest BCUT2D eigenvalue weighted by Crippen LogP contribution is 2.24. The molecule has 0 unspecified atom stereocenters. The Morgan fingerprint density at radius 1 is 1.50 bits per heavy atom. The number of hydrogen-bond donors (Lipinski definition) is 0. The molecule has 0 aliphatic carbocycles. The van der Waals surface area contributed by atoms with Gasteiger partial charge in [0.05, 0.1) is 6.20 Å². The Balaban J connectivity index is 3.41. The SMILES string of the molecule is CS(=O)(=O)C1=NC=C(Br)S1(=O)=O. The number of hydrogen-bond acceptors (Lipinski definition) is 5. The van der Waals surface area contributed by atoms with Crippen LogP contribution < -0.4 is 0 Å². The molecule has 1 aliphatic heterocycles. The second-order valence-electron chi connectivity index (χ2n) is 2.10. The first-order valence-electron chi connectivity index (χ1n) is 2.65. The summed E-state index contributed by atoms with van der Waals surface area (Å²) in [4.78, 5) is 3.27. The van der Waals surface area contributed by atoms with Crippen LogP contribution in [0.25, 0.3) is 0 Å². The van der Waals surface area contributed by atoms with Crippen LogP contribution in [0.2, 0.25) is 0 Å². The molecule has 0 saturated carbocycles. The third-order valence-electron chi connectivity index (χ3n) is 1.08. The minimum atomic E-state index is -3.88. The van der Waals surface area contributed by atoms with Gasteiger partial charge in [-0.2, -0.15) is 0 Å². The van der Waals surface area contributed by atoms with Crippen LogP contribution >= 0.6 is 15.9 Å². The van der Waals surface area contributed by atoms with Gasteiger partial charge in [0.25, 0.3) is 4.38 Å². The molecule has 0 bridgehead atoms. The van der Waals surface area contributed by atoms with Gasteiger partial charge in [-0.05, 0) is 15.9 Å². The molecule has 1 heterocycles. The first kappa shape index (κ1) is 9.87. The molecule has 68 valence electrons. The van der Waals surface area contributed by atoms with Crippen LogP contribution in [0.3, 0.4) is 0 Å². The van der Waals surface area contributed by atoms with Crippen LogP contribution in [-0.4, -0.2) is 27.5 Å². The molecule has 0 aromatic carbocycles. The standard InChI is InChI=1S/C4H4BrNO4S2/c1-11(7,8)4-6-2-3(5)12(4,9)10/h2H,1H3. The lowest BCUT2D eigenvalue weighted by Crippen LogP contribution is -2.20. The van der Waals surface area contributed by atoms with Gasteiger partial charge in [0.15, 0.2) is 0 Å². The number of rotatable bonds is 0. The van der Waals surface area contributed by atoms with E-state index in [4.69, 9.17) is 0 Å². The van der Waals surface area contributed by atoms with Crippen molar-refractivity contribution in [3.8, 4) is 0 Å². The van der Waals surface area contributed by atoms with Gasteiger partial charge in [0, 0.05) is 6.26 Å². The fourth-order valence-corrected chi connectivity index (χ4v) is 4.16. The van der Waals surface area contributed by atoms with Crippen molar-refractivity contribution in [1.29, 1.82) is 0 Å². The first-order chi connectivity index (χ1) is 5.26. The van der Waals surface area contributed by atoms with E-state index in [2.05, 4.69) is 20.9 Å². The maximum absolute atomic E-state index is 11.1. The van der Waals surface area contributed by atoms with Gasteiger partial charge < -0.3 is 0 Å². The zero-order valence-corrected chi connectivity index (χ0v) is 9.07. The topological polar surface area (TPSA) is 80.6 Å². The summed E-state index contributed by atoms with van der Waals surface area (Å²) < 4.78 is 42.9. The van der Waals surface area contributed by atoms with Gasteiger partial charge in [0.2, 0.25) is 19.7 Å². The molecule has 0 amide bonds. The summed E-state index contributed by atoms with van der Waals surface area (Å²) in [5.74, 6) is 0. The third kappa shape index (κ3) is 1.46. The van der Waals surface area contributed by atoms with Crippen molar-refractivity contribution >= 4 is 40.0 Å². The number of aliphatic imine (C=N–C) groups is 1. The highest BCUT2D eigenvalue weighted by Gasteiger charge is 2.35. The van der Waals surface area contributed by atoms with Crippen LogP contribution in [0, 0.1) is 0 Å². The van der Waals surface area contributed by atoms with Crippen molar-refractivity contribution in [3.63, 3.8) is 0 Å². The maximum atomic E-state index is 11.1. The summed E-state index contributed by atoms with van der Waals surface area (Å²) >= 11 is 2.69. The lowest BCUT2D eigenvalue weighted by molar-refractivity contribution is 0.610. The minimum absolute atomic E-state index is 0.226. The quantitative estimate of drug-likeness (QED) is 0.623. The zero-order valence-electron chi connectivity index (χ0n) is 5.85. The fraction of sp³-hybridized carbons (Fsp3) is 0.250. The van der Waals surface area contributed by atoms with E-state index in [0.29, 0.717) is 0 Å². The lowest BCUT2D eigenvalue weighted by Gasteiger charge is -1.96. The Morgan fingerprint density at radius 3 is 2.17 bits per heavy atom. The van der Waals surface area contributed by atoms with Gasteiger partial charge in [0.1, 0.15) is 3.81 Å². The highest BCUT2D eigenvalue weighted by atomic mass is 79.9. The van der Waals surface area contributed by atoms with Crippen molar-refractivity contribution in [2.45, 2.75) is 0 Å². The normalized spacial score (nSPS) is 21.8. The van der Waals surface area contributed by atoms with E-state index in [0.717, 1.165) is 12.5 Å². The van der Waals surface area contributed by atoms with Crippen molar-refractivity contribution in [3.05, 3.63) is 10.0 Å². The zero-order chi connectivity index (χ0) is 9.57. The molecule has 0 N–H and O–H groups in total. The molecule has 5 nitrogen and oxygen atoms in total.